The number of alkyl halides is 3. The van der Waals surface area contributed by atoms with Crippen LogP contribution in [0.5, 0.6) is 0 Å². The summed E-state index contributed by atoms with van der Waals surface area (Å²) < 4.78 is 43.7. The van der Waals surface area contributed by atoms with Gasteiger partial charge in [-0.15, -0.1) is 0 Å². The summed E-state index contributed by atoms with van der Waals surface area (Å²) >= 11 is 0. The Morgan fingerprint density at radius 2 is 1.49 bits per heavy atom. The minimum atomic E-state index is -4.52. The smallest absolute Gasteiger partial charge is 0.363 e. The van der Waals surface area contributed by atoms with Crippen LogP contribution in [-0.4, -0.2) is 21.7 Å². The van der Waals surface area contributed by atoms with Crippen LogP contribution in [0.3, 0.4) is 0 Å². The van der Waals surface area contributed by atoms with Crippen LogP contribution >= 0.6 is 0 Å². The highest BCUT2D eigenvalue weighted by molar-refractivity contribution is 6.01. The molecule has 5 aromatic rings. The molecule has 4 aromatic carbocycles. The minimum Gasteiger partial charge on any atom is -0.363 e. The van der Waals surface area contributed by atoms with E-state index in [0.717, 1.165) is 32.1 Å². The van der Waals surface area contributed by atoms with Crippen LogP contribution in [0.1, 0.15) is 57.9 Å². The van der Waals surface area contributed by atoms with Gasteiger partial charge in [-0.1, -0.05) is 97.1 Å². The topological polar surface area (TPSA) is 46.9 Å². The molecule has 2 unspecified atom stereocenters. The molecule has 1 aliphatic heterocycles. The zero-order chi connectivity index (χ0) is 27.0. The van der Waals surface area contributed by atoms with Gasteiger partial charge in [0.1, 0.15) is 5.82 Å². The third-order valence-corrected chi connectivity index (χ3v) is 7.51. The number of aromatic nitrogens is 2. The summed E-state index contributed by atoms with van der Waals surface area (Å²) in [6, 6.07) is 30.3. The van der Waals surface area contributed by atoms with E-state index in [1.54, 1.807) is 0 Å². The molecule has 1 aromatic heterocycles. The first kappa shape index (κ1) is 24.9. The van der Waals surface area contributed by atoms with Gasteiger partial charge in [0.2, 0.25) is 0 Å². The Balaban J connectivity index is 1.36. The van der Waals surface area contributed by atoms with Gasteiger partial charge < -0.3 is 5.32 Å². The number of nitrogens with zero attached hydrogens (tertiary/aromatic N) is 2. The van der Waals surface area contributed by atoms with Crippen molar-refractivity contribution < 1.29 is 18.0 Å². The summed E-state index contributed by atoms with van der Waals surface area (Å²) in [7, 11) is 0. The standard InChI is InChI=1S/C32H26F3N3O/c33-32(34,35)30-19-28(25-16-15-21-9-7-8-14-24(21)17-25)37-31-27(20-36-38(30)31)29(39)18-26(22-10-3-1-4-11-22)23-12-5-2-6-13-23/h1-17,20,26,28,30,37H,18-19H2. The molecule has 0 aliphatic carbocycles. The number of benzene rings is 4. The number of fused-ring (bicyclic) bond motifs is 2. The van der Waals surface area contributed by atoms with E-state index in [1.807, 2.05) is 103 Å². The molecule has 2 atom stereocenters. The number of carbonyl (C=O) groups is 1. The molecule has 0 bridgehead atoms. The summed E-state index contributed by atoms with van der Waals surface area (Å²) in [5.74, 6) is -0.387. The van der Waals surface area contributed by atoms with Crippen LogP contribution < -0.4 is 5.32 Å². The number of carbonyl (C=O) groups excluding carboxylic acids is 1. The fraction of sp³-hybridized carbons (Fsp3) is 0.188. The van der Waals surface area contributed by atoms with Gasteiger partial charge in [-0.2, -0.15) is 18.3 Å². The molecule has 0 fully saturated rings. The molecular weight excluding hydrogens is 499 g/mol. The number of halogens is 3. The third kappa shape index (κ3) is 4.92. The van der Waals surface area contributed by atoms with Gasteiger partial charge in [0.25, 0.3) is 0 Å². The molecule has 6 rings (SSSR count). The molecule has 1 N–H and O–H groups in total. The highest BCUT2D eigenvalue weighted by Gasteiger charge is 2.47. The average Bonchev–Trinajstić information content (AvgIpc) is 3.39. The molecule has 0 radical (unpaired) electrons. The second kappa shape index (κ2) is 10.1. The lowest BCUT2D eigenvalue weighted by Crippen LogP contribution is -2.36. The largest absolute Gasteiger partial charge is 0.410 e. The Hall–Kier alpha value is -4.39. The molecule has 39 heavy (non-hydrogen) atoms. The lowest BCUT2D eigenvalue weighted by atomic mass is 9.86. The highest BCUT2D eigenvalue weighted by Crippen LogP contribution is 2.45. The van der Waals surface area contributed by atoms with Crippen molar-refractivity contribution in [3.63, 3.8) is 0 Å². The fourth-order valence-electron chi connectivity index (χ4n) is 5.50. The summed E-state index contributed by atoms with van der Waals surface area (Å²) in [6.07, 6.45) is -3.36. The van der Waals surface area contributed by atoms with Crippen LogP contribution in [0.25, 0.3) is 10.8 Å². The second-order valence-corrected chi connectivity index (χ2v) is 9.95. The summed E-state index contributed by atoms with van der Waals surface area (Å²) in [5, 5.41) is 9.27. The lowest BCUT2D eigenvalue weighted by molar-refractivity contribution is -0.173. The van der Waals surface area contributed by atoms with Crippen molar-refractivity contribution in [1.82, 2.24) is 9.78 Å². The van der Waals surface area contributed by atoms with Crippen LogP contribution in [0, 0.1) is 0 Å². The van der Waals surface area contributed by atoms with Crippen molar-refractivity contribution in [3.8, 4) is 0 Å². The maximum Gasteiger partial charge on any atom is 0.410 e. The molecule has 0 spiro atoms. The summed E-state index contributed by atoms with van der Waals surface area (Å²) in [6.45, 7) is 0. The van der Waals surface area contributed by atoms with Crippen molar-refractivity contribution in [2.24, 2.45) is 0 Å². The zero-order valence-electron chi connectivity index (χ0n) is 21.0. The van der Waals surface area contributed by atoms with E-state index in [0.29, 0.717) is 0 Å². The molecule has 0 saturated carbocycles. The first-order valence-electron chi connectivity index (χ1n) is 12.9. The second-order valence-electron chi connectivity index (χ2n) is 9.95. The molecule has 196 valence electrons. The van der Waals surface area contributed by atoms with E-state index >= 15 is 0 Å². The molecular formula is C32H26F3N3O. The fourth-order valence-corrected chi connectivity index (χ4v) is 5.50. The number of hydrogen-bond acceptors (Lipinski definition) is 3. The number of nitrogens with one attached hydrogen (secondary N) is 1. The molecule has 7 heteroatoms. The van der Waals surface area contributed by atoms with Crippen LogP contribution in [0.2, 0.25) is 0 Å². The average molecular weight is 526 g/mol. The molecule has 2 heterocycles. The Bertz CT molecular complexity index is 1570. The van der Waals surface area contributed by atoms with Gasteiger partial charge in [0.05, 0.1) is 17.8 Å². The highest BCUT2D eigenvalue weighted by atomic mass is 19.4. The van der Waals surface area contributed by atoms with E-state index in [4.69, 9.17) is 0 Å². The SMILES string of the molecule is O=C(CC(c1ccccc1)c1ccccc1)c1cnn2c1NC(c1ccc3ccccc3c1)CC2C(F)(F)F. The number of ketones is 1. The third-order valence-electron chi connectivity index (χ3n) is 7.51. The van der Waals surface area contributed by atoms with Gasteiger partial charge in [-0.25, -0.2) is 4.68 Å². The maximum atomic E-state index is 14.3. The van der Waals surface area contributed by atoms with Crippen LogP contribution in [-0.2, 0) is 0 Å². The van der Waals surface area contributed by atoms with Crippen LogP contribution in [0.4, 0.5) is 19.0 Å². The molecule has 4 nitrogen and oxygen atoms in total. The van der Waals surface area contributed by atoms with Crippen molar-refractivity contribution in [1.29, 1.82) is 0 Å². The van der Waals surface area contributed by atoms with E-state index in [1.165, 1.54) is 6.20 Å². The Labute approximate surface area is 224 Å². The number of rotatable bonds is 6. The van der Waals surface area contributed by atoms with Gasteiger partial charge >= 0.3 is 6.18 Å². The Morgan fingerprint density at radius 1 is 0.872 bits per heavy atom. The predicted octanol–water partition coefficient (Wildman–Crippen LogP) is 8.10. The molecule has 0 amide bonds. The molecule has 0 saturated heterocycles. The quantitative estimate of drug-likeness (QED) is 0.228. The van der Waals surface area contributed by atoms with Gasteiger partial charge in [-0.05, 0) is 33.5 Å². The van der Waals surface area contributed by atoms with Gasteiger partial charge in [0.15, 0.2) is 11.8 Å². The maximum absolute atomic E-state index is 14.3. The van der Waals surface area contributed by atoms with Gasteiger partial charge in [0, 0.05) is 18.8 Å². The van der Waals surface area contributed by atoms with Crippen molar-refractivity contribution in [3.05, 3.63) is 132 Å². The predicted molar refractivity (Wildman–Crippen MR) is 146 cm³/mol. The minimum absolute atomic E-state index is 0.103. The Morgan fingerprint density at radius 3 is 2.13 bits per heavy atom. The van der Waals surface area contributed by atoms with Gasteiger partial charge in [-0.3, -0.25) is 4.79 Å². The van der Waals surface area contributed by atoms with Crippen molar-refractivity contribution >= 4 is 22.4 Å². The van der Waals surface area contributed by atoms with E-state index in [-0.39, 0.29) is 35.9 Å². The van der Waals surface area contributed by atoms with Crippen molar-refractivity contribution in [2.45, 2.75) is 37.0 Å². The van der Waals surface area contributed by atoms with E-state index in [9.17, 15) is 18.0 Å². The monoisotopic (exact) mass is 525 g/mol. The summed E-state index contributed by atoms with van der Waals surface area (Å²) in [4.78, 5) is 13.7. The summed E-state index contributed by atoms with van der Waals surface area (Å²) in [5.41, 5.74) is 2.84. The normalized spacial score (nSPS) is 17.1. The number of anilines is 1. The van der Waals surface area contributed by atoms with Crippen molar-refractivity contribution in [2.75, 3.05) is 5.32 Å². The zero-order valence-corrected chi connectivity index (χ0v) is 21.0. The number of hydrogen-bond donors (Lipinski definition) is 1. The van der Waals surface area contributed by atoms with E-state index in [2.05, 4.69) is 10.4 Å². The Kier molecular flexibility index (Phi) is 6.43. The first-order chi connectivity index (χ1) is 18.9. The van der Waals surface area contributed by atoms with E-state index < -0.39 is 18.3 Å². The van der Waals surface area contributed by atoms with Crippen LogP contribution in [0.15, 0.2) is 109 Å². The molecule has 1 aliphatic rings. The first-order valence-corrected chi connectivity index (χ1v) is 12.9. The lowest BCUT2D eigenvalue weighted by Gasteiger charge is -2.34. The number of Topliss-reactive ketones (excluding diaryl/α,β-unsaturated/α-hetero) is 1.